The van der Waals surface area contributed by atoms with Crippen LogP contribution < -0.4 is 5.73 Å². The highest BCUT2D eigenvalue weighted by Gasteiger charge is 2.00. The number of aryl methyl sites for hydroxylation is 2. The van der Waals surface area contributed by atoms with E-state index in [4.69, 9.17) is 5.73 Å². The van der Waals surface area contributed by atoms with Crippen LogP contribution in [0.3, 0.4) is 0 Å². The van der Waals surface area contributed by atoms with Gasteiger partial charge in [0.1, 0.15) is 12.1 Å². The van der Waals surface area contributed by atoms with Crippen LogP contribution in [0.5, 0.6) is 0 Å². The van der Waals surface area contributed by atoms with Gasteiger partial charge in [-0.15, -0.1) is 0 Å². The molecule has 20 heavy (non-hydrogen) atoms. The van der Waals surface area contributed by atoms with Gasteiger partial charge in [0.05, 0.1) is 11.3 Å². The van der Waals surface area contributed by atoms with E-state index in [9.17, 15) is 8.78 Å². The van der Waals surface area contributed by atoms with E-state index < -0.39 is 11.6 Å². The maximum Gasteiger partial charge on any atom is 0.159 e. The molecule has 0 saturated heterocycles. The molecule has 0 atom stereocenters. The van der Waals surface area contributed by atoms with Crippen molar-refractivity contribution in [3.63, 3.8) is 0 Å². The van der Waals surface area contributed by atoms with E-state index in [0.717, 1.165) is 29.0 Å². The lowest BCUT2D eigenvalue weighted by Gasteiger charge is -1.99. The zero-order valence-electron chi connectivity index (χ0n) is 11.6. The van der Waals surface area contributed by atoms with Crippen LogP contribution >= 0.6 is 0 Å². The second kappa shape index (κ2) is 7.28. The average molecular weight is 278 g/mol. The molecule has 6 heteroatoms. The van der Waals surface area contributed by atoms with Gasteiger partial charge in [-0.2, -0.15) is 0 Å². The molecule has 1 aromatic heterocycles. The van der Waals surface area contributed by atoms with Crippen molar-refractivity contribution in [3.05, 3.63) is 53.0 Å². The zero-order chi connectivity index (χ0) is 15.1. The number of aromatic nitrogens is 2. The molecule has 0 amide bonds. The van der Waals surface area contributed by atoms with Crippen molar-refractivity contribution in [2.75, 3.05) is 12.8 Å². The minimum atomic E-state index is -0.791. The Morgan fingerprint density at radius 1 is 1.15 bits per heavy atom. The zero-order valence-corrected chi connectivity index (χ0v) is 11.6. The van der Waals surface area contributed by atoms with Gasteiger partial charge in [-0.1, -0.05) is 6.07 Å². The molecular weight excluding hydrogens is 262 g/mol. The summed E-state index contributed by atoms with van der Waals surface area (Å²) in [6, 6.07) is 3.80. The van der Waals surface area contributed by atoms with Gasteiger partial charge >= 0.3 is 0 Å². The van der Waals surface area contributed by atoms with Gasteiger partial charge in [0.15, 0.2) is 11.6 Å². The van der Waals surface area contributed by atoms with E-state index in [1.165, 1.54) is 12.4 Å². The molecule has 2 N–H and O–H groups in total. The standard InChI is InChI=1S/C7H6F2.C7H10N4/c1-5-2-3-6(8)7(9)4-5;1-5-6(3-9-2)7(8)11-4-10-5/h2-4H,1H3;3-4H,1-2H3,(H2,8,10,11). The molecule has 0 radical (unpaired) electrons. The van der Waals surface area contributed by atoms with E-state index in [1.54, 1.807) is 20.2 Å². The van der Waals surface area contributed by atoms with E-state index in [2.05, 4.69) is 15.0 Å². The molecule has 0 saturated carbocycles. The smallest absolute Gasteiger partial charge is 0.159 e. The van der Waals surface area contributed by atoms with E-state index in [0.29, 0.717) is 5.82 Å². The normalized spacial score (nSPS) is 10.2. The number of halogens is 2. The van der Waals surface area contributed by atoms with Crippen LogP contribution in [0, 0.1) is 25.5 Å². The highest BCUT2D eigenvalue weighted by molar-refractivity contribution is 5.86. The molecule has 0 bridgehead atoms. The van der Waals surface area contributed by atoms with Gasteiger partial charge in [-0.05, 0) is 31.5 Å². The number of aliphatic imine (C=N–C) groups is 1. The van der Waals surface area contributed by atoms with Crippen LogP contribution in [0.4, 0.5) is 14.6 Å². The van der Waals surface area contributed by atoms with Crippen molar-refractivity contribution in [2.45, 2.75) is 13.8 Å². The van der Waals surface area contributed by atoms with Gasteiger partial charge in [-0.25, -0.2) is 18.7 Å². The average Bonchev–Trinajstić information content (AvgIpc) is 2.40. The lowest BCUT2D eigenvalue weighted by Crippen LogP contribution is -2.01. The molecule has 0 unspecified atom stereocenters. The van der Waals surface area contributed by atoms with Gasteiger partial charge in [0, 0.05) is 13.3 Å². The fourth-order valence-corrected chi connectivity index (χ4v) is 1.39. The number of benzene rings is 1. The fourth-order valence-electron chi connectivity index (χ4n) is 1.39. The second-order valence-corrected chi connectivity index (χ2v) is 4.06. The minimum Gasteiger partial charge on any atom is -0.383 e. The van der Waals surface area contributed by atoms with E-state index in [1.807, 2.05) is 6.92 Å². The number of hydrogen-bond acceptors (Lipinski definition) is 4. The minimum absolute atomic E-state index is 0.475. The second-order valence-electron chi connectivity index (χ2n) is 4.06. The molecule has 0 aliphatic carbocycles. The maximum absolute atomic E-state index is 12.2. The molecule has 0 spiro atoms. The van der Waals surface area contributed by atoms with Crippen molar-refractivity contribution in [2.24, 2.45) is 4.99 Å². The Morgan fingerprint density at radius 3 is 2.35 bits per heavy atom. The number of rotatable bonds is 1. The molecule has 106 valence electrons. The Balaban J connectivity index is 0.000000204. The highest BCUT2D eigenvalue weighted by Crippen LogP contribution is 2.07. The van der Waals surface area contributed by atoms with E-state index >= 15 is 0 Å². The summed E-state index contributed by atoms with van der Waals surface area (Å²) in [5, 5.41) is 0. The van der Waals surface area contributed by atoms with Gasteiger partial charge in [-0.3, -0.25) is 4.99 Å². The quantitative estimate of drug-likeness (QED) is 0.816. The Labute approximate surface area is 116 Å². The Kier molecular flexibility index (Phi) is 5.71. The van der Waals surface area contributed by atoms with Crippen LogP contribution in [0.2, 0.25) is 0 Å². The molecule has 0 aliphatic rings. The van der Waals surface area contributed by atoms with Crippen molar-refractivity contribution in [3.8, 4) is 0 Å². The van der Waals surface area contributed by atoms with Gasteiger partial charge < -0.3 is 5.73 Å². The lowest BCUT2D eigenvalue weighted by atomic mass is 10.2. The van der Waals surface area contributed by atoms with Crippen molar-refractivity contribution < 1.29 is 8.78 Å². The number of anilines is 1. The Bertz CT molecular complexity index is 592. The number of hydrogen-bond donors (Lipinski definition) is 1. The number of nitrogen functional groups attached to an aromatic ring is 1. The summed E-state index contributed by atoms with van der Waals surface area (Å²) in [6.07, 6.45) is 3.10. The Morgan fingerprint density at radius 2 is 1.85 bits per heavy atom. The SMILES string of the molecule is CN=Cc1c(C)ncnc1N.Cc1ccc(F)c(F)c1. The van der Waals surface area contributed by atoms with Crippen LogP contribution in [-0.4, -0.2) is 23.2 Å². The largest absolute Gasteiger partial charge is 0.383 e. The van der Waals surface area contributed by atoms with Crippen molar-refractivity contribution in [1.29, 1.82) is 0 Å². The first kappa shape index (κ1) is 15.7. The summed E-state index contributed by atoms with van der Waals surface area (Å²) < 4.78 is 24.3. The van der Waals surface area contributed by atoms with Crippen LogP contribution in [0.15, 0.2) is 29.5 Å². The summed E-state index contributed by atoms with van der Waals surface area (Å²) in [5.41, 5.74) is 7.95. The number of nitrogens with two attached hydrogens (primary N) is 1. The summed E-state index contributed by atoms with van der Waals surface area (Å²) >= 11 is 0. The first-order chi connectivity index (χ1) is 9.45. The van der Waals surface area contributed by atoms with Crippen molar-refractivity contribution >= 4 is 12.0 Å². The van der Waals surface area contributed by atoms with Gasteiger partial charge in [0.2, 0.25) is 0 Å². The first-order valence-electron chi connectivity index (χ1n) is 5.86. The maximum atomic E-state index is 12.2. The summed E-state index contributed by atoms with van der Waals surface area (Å²) in [4.78, 5) is 11.7. The molecule has 1 heterocycles. The molecule has 0 aliphatic heterocycles. The molecule has 2 aromatic rings. The topological polar surface area (TPSA) is 64.2 Å². The van der Waals surface area contributed by atoms with Crippen LogP contribution in [-0.2, 0) is 0 Å². The summed E-state index contributed by atoms with van der Waals surface area (Å²) in [5.74, 6) is -1.10. The molecule has 0 fully saturated rings. The fraction of sp³-hybridized carbons (Fsp3) is 0.214. The lowest BCUT2D eigenvalue weighted by molar-refractivity contribution is 0.508. The molecule has 4 nitrogen and oxygen atoms in total. The number of nitrogens with zero attached hydrogens (tertiary/aromatic N) is 3. The predicted molar refractivity (Wildman–Crippen MR) is 75.8 cm³/mol. The van der Waals surface area contributed by atoms with Crippen LogP contribution in [0.1, 0.15) is 16.8 Å². The molecule has 2 rings (SSSR count). The summed E-state index contributed by atoms with van der Waals surface area (Å²) in [7, 11) is 1.69. The van der Waals surface area contributed by atoms with Crippen molar-refractivity contribution in [1.82, 2.24) is 9.97 Å². The Hall–Kier alpha value is -2.37. The van der Waals surface area contributed by atoms with E-state index in [-0.39, 0.29) is 0 Å². The third-order valence-electron chi connectivity index (χ3n) is 2.45. The third kappa shape index (κ3) is 4.38. The molecular formula is C14H16F2N4. The van der Waals surface area contributed by atoms with Crippen LogP contribution in [0.25, 0.3) is 0 Å². The third-order valence-corrected chi connectivity index (χ3v) is 2.45. The highest BCUT2D eigenvalue weighted by atomic mass is 19.2. The summed E-state index contributed by atoms with van der Waals surface area (Å²) in [6.45, 7) is 3.58. The predicted octanol–water partition coefficient (Wildman–Crippen LogP) is 2.69. The first-order valence-corrected chi connectivity index (χ1v) is 5.86. The van der Waals surface area contributed by atoms with Gasteiger partial charge in [0.25, 0.3) is 0 Å². The monoisotopic (exact) mass is 278 g/mol. The molecule has 1 aromatic carbocycles.